The molecule has 0 unspecified atom stereocenters. The molecular formula is C22H22ClN3O3. The zero-order valence-corrected chi connectivity index (χ0v) is 16.7. The van der Waals surface area contributed by atoms with E-state index in [2.05, 4.69) is 16.5 Å². The van der Waals surface area contributed by atoms with Gasteiger partial charge in [-0.05, 0) is 56.4 Å². The second kappa shape index (κ2) is 8.57. The Morgan fingerprint density at radius 2 is 2.07 bits per heavy atom. The first-order valence-corrected chi connectivity index (χ1v) is 10.1. The zero-order valence-electron chi connectivity index (χ0n) is 15.9. The summed E-state index contributed by atoms with van der Waals surface area (Å²) >= 11 is 6.05. The molecule has 0 radical (unpaired) electrons. The van der Waals surface area contributed by atoms with E-state index in [4.69, 9.17) is 26.3 Å². The van der Waals surface area contributed by atoms with Gasteiger partial charge < -0.3 is 20.0 Å². The number of carbonyl (C=O) groups is 1. The molecule has 2 heterocycles. The lowest BCUT2D eigenvalue weighted by Crippen LogP contribution is -2.25. The molecule has 1 aliphatic carbocycles. The molecule has 0 spiro atoms. The van der Waals surface area contributed by atoms with E-state index in [9.17, 15) is 4.79 Å². The summed E-state index contributed by atoms with van der Waals surface area (Å²) in [5.74, 6) is 0.659. The maximum atomic E-state index is 12.7. The molecule has 0 aliphatic heterocycles. The fourth-order valence-electron chi connectivity index (χ4n) is 3.51. The molecule has 29 heavy (non-hydrogen) atoms. The summed E-state index contributed by atoms with van der Waals surface area (Å²) in [5.41, 5.74) is 8.56. The monoisotopic (exact) mass is 411 g/mol. The van der Waals surface area contributed by atoms with Crippen LogP contribution >= 0.6 is 11.6 Å². The van der Waals surface area contributed by atoms with Crippen LogP contribution in [0, 0.1) is 0 Å². The highest BCUT2D eigenvalue weighted by atomic mass is 35.5. The number of allylic oxidation sites excluding steroid dienone is 1. The molecule has 0 saturated carbocycles. The smallest absolute Gasteiger partial charge is 0.259 e. The van der Waals surface area contributed by atoms with Gasteiger partial charge in [0.2, 0.25) is 5.88 Å². The van der Waals surface area contributed by atoms with Crippen LogP contribution in [-0.4, -0.2) is 17.6 Å². The van der Waals surface area contributed by atoms with E-state index in [0.717, 1.165) is 24.8 Å². The molecule has 0 atom stereocenters. The Balaban J connectivity index is 1.50. The van der Waals surface area contributed by atoms with Gasteiger partial charge in [-0.3, -0.25) is 4.79 Å². The summed E-state index contributed by atoms with van der Waals surface area (Å²) in [6, 6.07) is 10.8. The predicted octanol–water partition coefficient (Wildman–Crippen LogP) is 5.46. The summed E-state index contributed by atoms with van der Waals surface area (Å²) in [5, 5.41) is 7.46. The van der Waals surface area contributed by atoms with Gasteiger partial charge in [0.25, 0.3) is 5.91 Å². The number of nitrogens with two attached hydrogens (primary N) is 1. The van der Waals surface area contributed by atoms with Gasteiger partial charge >= 0.3 is 0 Å². The van der Waals surface area contributed by atoms with E-state index in [0.29, 0.717) is 23.1 Å². The normalized spacial score (nSPS) is 13.9. The largest absolute Gasteiger partial charge is 0.454 e. The molecule has 7 heteroatoms. The van der Waals surface area contributed by atoms with Crippen LogP contribution in [0.4, 0.5) is 5.88 Å². The van der Waals surface area contributed by atoms with Crippen molar-refractivity contribution in [1.82, 2.24) is 10.5 Å². The van der Waals surface area contributed by atoms with Crippen molar-refractivity contribution in [3.8, 4) is 22.8 Å². The highest BCUT2D eigenvalue weighted by molar-refractivity contribution is 6.30. The Labute approximate surface area is 173 Å². The third-order valence-electron chi connectivity index (χ3n) is 5.01. The molecule has 0 saturated heterocycles. The van der Waals surface area contributed by atoms with E-state index in [1.165, 1.54) is 18.4 Å². The minimum Gasteiger partial charge on any atom is -0.454 e. The van der Waals surface area contributed by atoms with Crippen LogP contribution in [-0.2, 0) is 0 Å². The van der Waals surface area contributed by atoms with Crippen LogP contribution in [0.25, 0.3) is 22.8 Å². The van der Waals surface area contributed by atoms with Crippen LogP contribution < -0.4 is 11.1 Å². The van der Waals surface area contributed by atoms with Crippen molar-refractivity contribution in [2.45, 2.75) is 32.1 Å². The van der Waals surface area contributed by atoms with Gasteiger partial charge in [-0.15, -0.1) is 0 Å². The molecule has 3 N–H and O–H groups in total. The molecular weight excluding hydrogens is 390 g/mol. The minimum absolute atomic E-state index is 0.0323. The van der Waals surface area contributed by atoms with Gasteiger partial charge in [-0.25, -0.2) is 0 Å². The molecule has 0 fully saturated rings. The zero-order chi connectivity index (χ0) is 20.2. The lowest BCUT2D eigenvalue weighted by Gasteiger charge is -2.12. The van der Waals surface area contributed by atoms with E-state index >= 15 is 0 Å². The fourth-order valence-corrected chi connectivity index (χ4v) is 3.70. The van der Waals surface area contributed by atoms with Gasteiger partial charge in [0.05, 0.1) is 0 Å². The number of aromatic nitrogens is 1. The maximum Gasteiger partial charge on any atom is 0.259 e. The molecule has 2 aromatic heterocycles. The number of hydrogen-bond acceptors (Lipinski definition) is 5. The van der Waals surface area contributed by atoms with E-state index < -0.39 is 0 Å². The molecule has 150 valence electrons. The highest BCUT2D eigenvalue weighted by Gasteiger charge is 2.24. The molecule has 1 amide bonds. The molecule has 3 aromatic rings. The lowest BCUT2D eigenvalue weighted by molar-refractivity contribution is 0.0955. The van der Waals surface area contributed by atoms with Gasteiger partial charge in [-0.2, -0.15) is 0 Å². The number of halogens is 1. The summed E-state index contributed by atoms with van der Waals surface area (Å²) < 4.78 is 11.0. The van der Waals surface area contributed by atoms with Crippen molar-refractivity contribution < 1.29 is 13.7 Å². The van der Waals surface area contributed by atoms with Crippen LogP contribution in [0.5, 0.6) is 0 Å². The SMILES string of the molecule is Nc1onc(-c2ccc(-c3cccc(Cl)c3)o2)c1C(=O)NCCC1=CCCCC1. The molecule has 4 rings (SSSR count). The van der Waals surface area contributed by atoms with E-state index in [-0.39, 0.29) is 23.0 Å². The summed E-state index contributed by atoms with van der Waals surface area (Å²) in [6.07, 6.45) is 7.81. The van der Waals surface area contributed by atoms with Gasteiger partial charge in [-0.1, -0.05) is 40.5 Å². The second-order valence-electron chi connectivity index (χ2n) is 7.06. The Kier molecular flexibility index (Phi) is 5.71. The van der Waals surface area contributed by atoms with Crippen molar-refractivity contribution in [2.24, 2.45) is 0 Å². The van der Waals surface area contributed by atoms with Crippen molar-refractivity contribution in [3.63, 3.8) is 0 Å². The van der Waals surface area contributed by atoms with Gasteiger partial charge in [0.1, 0.15) is 11.3 Å². The van der Waals surface area contributed by atoms with Gasteiger partial charge in [0.15, 0.2) is 11.5 Å². The number of benzene rings is 1. The standard InChI is InChI=1S/C22H22ClN3O3/c23-16-8-4-7-15(13-16)17-9-10-18(28-17)20-19(21(24)29-26-20)22(27)25-12-11-14-5-2-1-3-6-14/h4-5,7-10,13H,1-3,6,11-12,24H2,(H,25,27). The minimum atomic E-state index is -0.323. The second-order valence-corrected chi connectivity index (χ2v) is 7.50. The number of anilines is 1. The van der Waals surface area contributed by atoms with Crippen molar-refractivity contribution >= 4 is 23.4 Å². The first kappa shape index (κ1) is 19.3. The van der Waals surface area contributed by atoms with Crippen molar-refractivity contribution in [2.75, 3.05) is 12.3 Å². The Bertz CT molecular complexity index is 1050. The van der Waals surface area contributed by atoms with E-state index in [1.807, 2.05) is 12.1 Å². The number of amides is 1. The summed E-state index contributed by atoms with van der Waals surface area (Å²) in [4.78, 5) is 12.7. The Hall–Kier alpha value is -2.99. The Morgan fingerprint density at radius 1 is 1.21 bits per heavy atom. The topological polar surface area (TPSA) is 94.3 Å². The molecule has 0 bridgehead atoms. The fraction of sp³-hybridized carbons (Fsp3) is 0.273. The van der Waals surface area contributed by atoms with Crippen LogP contribution in [0.2, 0.25) is 5.02 Å². The summed E-state index contributed by atoms with van der Waals surface area (Å²) in [7, 11) is 0. The maximum absolute atomic E-state index is 12.7. The molecule has 1 aliphatic rings. The number of carbonyl (C=O) groups excluding carboxylic acids is 1. The lowest BCUT2D eigenvalue weighted by atomic mass is 9.97. The van der Waals surface area contributed by atoms with E-state index in [1.54, 1.807) is 24.3 Å². The quantitative estimate of drug-likeness (QED) is 0.525. The third kappa shape index (κ3) is 4.38. The number of nitrogens with one attached hydrogen (secondary N) is 1. The predicted molar refractivity (Wildman–Crippen MR) is 113 cm³/mol. The highest BCUT2D eigenvalue weighted by Crippen LogP contribution is 2.32. The van der Waals surface area contributed by atoms with Crippen molar-refractivity contribution in [3.05, 3.63) is 58.6 Å². The van der Waals surface area contributed by atoms with Gasteiger partial charge in [0, 0.05) is 17.1 Å². The molecule has 1 aromatic carbocycles. The first-order valence-electron chi connectivity index (χ1n) is 9.69. The van der Waals surface area contributed by atoms with Crippen LogP contribution in [0.15, 0.2) is 57.0 Å². The number of rotatable bonds is 6. The number of nitrogens with zero attached hydrogens (tertiary/aromatic N) is 1. The summed E-state index contributed by atoms with van der Waals surface area (Å²) in [6.45, 7) is 0.542. The average molecular weight is 412 g/mol. The average Bonchev–Trinajstić information content (AvgIpc) is 3.35. The van der Waals surface area contributed by atoms with Crippen LogP contribution in [0.3, 0.4) is 0 Å². The Morgan fingerprint density at radius 3 is 2.86 bits per heavy atom. The number of nitrogen functional groups attached to an aromatic ring is 1. The van der Waals surface area contributed by atoms with Crippen LogP contribution in [0.1, 0.15) is 42.5 Å². The number of furan rings is 1. The van der Waals surface area contributed by atoms with Crippen molar-refractivity contribution in [1.29, 1.82) is 0 Å². The first-order chi connectivity index (χ1) is 14.1. The third-order valence-corrected chi connectivity index (χ3v) is 5.25. The molecule has 6 nitrogen and oxygen atoms in total. The number of hydrogen-bond donors (Lipinski definition) is 2.